The number of carbonyl (C=O) groups excluding carboxylic acids is 3. The zero-order valence-electron chi connectivity index (χ0n) is 14.5. The molecule has 1 aromatic rings. The van der Waals surface area contributed by atoms with Gasteiger partial charge in [0.05, 0.1) is 12.0 Å². The smallest absolute Gasteiger partial charge is 0.345 e. The van der Waals surface area contributed by atoms with Crippen LogP contribution in [0.3, 0.4) is 0 Å². The van der Waals surface area contributed by atoms with Crippen LogP contribution >= 0.6 is 11.6 Å². The van der Waals surface area contributed by atoms with Gasteiger partial charge in [0.25, 0.3) is 11.6 Å². The molecule has 0 aliphatic rings. The number of rotatable bonds is 8. The van der Waals surface area contributed by atoms with Gasteiger partial charge in [0, 0.05) is 11.1 Å². The van der Waals surface area contributed by atoms with Gasteiger partial charge in [-0.25, -0.2) is 9.59 Å². The van der Waals surface area contributed by atoms with Gasteiger partial charge in [-0.1, -0.05) is 25.4 Å². The highest BCUT2D eigenvalue weighted by Crippen LogP contribution is 2.23. The predicted molar refractivity (Wildman–Crippen MR) is 91.8 cm³/mol. The molecule has 26 heavy (non-hydrogen) atoms. The third-order valence-corrected chi connectivity index (χ3v) is 3.47. The Morgan fingerprint density at radius 1 is 1.31 bits per heavy atom. The second-order valence-electron chi connectivity index (χ2n) is 5.77. The number of hydrogen-bond donors (Lipinski definition) is 1. The Morgan fingerprint density at radius 3 is 2.50 bits per heavy atom. The highest BCUT2D eigenvalue weighted by atomic mass is 35.5. The predicted octanol–water partition coefficient (Wildman–Crippen LogP) is 2.11. The van der Waals surface area contributed by atoms with Crippen LogP contribution in [0.15, 0.2) is 18.2 Å². The third-order valence-electron chi connectivity index (χ3n) is 3.24. The number of amides is 1. The summed E-state index contributed by atoms with van der Waals surface area (Å²) >= 11 is 5.74. The molecule has 0 aliphatic carbocycles. The van der Waals surface area contributed by atoms with E-state index in [4.69, 9.17) is 16.3 Å². The third kappa shape index (κ3) is 6.32. The topological polar surface area (TPSA) is 125 Å². The lowest BCUT2D eigenvalue weighted by Crippen LogP contribution is -2.44. The Bertz CT molecular complexity index is 706. The number of nitrogens with one attached hydrogen (secondary N) is 1. The first kappa shape index (κ1) is 21.4. The minimum absolute atomic E-state index is 0.106. The number of esters is 2. The van der Waals surface area contributed by atoms with E-state index in [1.54, 1.807) is 0 Å². The van der Waals surface area contributed by atoms with Crippen molar-refractivity contribution in [2.75, 3.05) is 13.7 Å². The molecule has 0 aromatic heterocycles. The van der Waals surface area contributed by atoms with E-state index in [0.29, 0.717) is 6.42 Å². The largest absolute Gasteiger partial charge is 0.467 e. The van der Waals surface area contributed by atoms with E-state index in [9.17, 15) is 24.5 Å². The average molecular weight is 387 g/mol. The fourth-order valence-corrected chi connectivity index (χ4v) is 2.28. The SMILES string of the molecule is COC(=O)[C@@H](CC(C)C)NC(=O)COC(=O)c1cc(Cl)ccc1[N+](=O)[O-]. The van der Waals surface area contributed by atoms with Crippen molar-refractivity contribution in [2.24, 2.45) is 5.92 Å². The lowest BCUT2D eigenvalue weighted by Gasteiger charge is -2.18. The number of nitrogens with zero attached hydrogens (tertiary/aromatic N) is 1. The van der Waals surface area contributed by atoms with Crippen LogP contribution in [0.1, 0.15) is 30.6 Å². The number of ether oxygens (including phenoxy) is 2. The summed E-state index contributed by atoms with van der Waals surface area (Å²) in [7, 11) is 1.19. The Hall–Kier alpha value is -2.68. The molecule has 1 aromatic carbocycles. The molecule has 142 valence electrons. The molecule has 0 fully saturated rings. The molecule has 10 heteroatoms. The second-order valence-corrected chi connectivity index (χ2v) is 6.20. The molecule has 1 rings (SSSR count). The Balaban J connectivity index is 2.75. The van der Waals surface area contributed by atoms with Crippen molar-refractivity contribution in [2.45, 2.75) is 26.3 Å². The summed E-state index contributed by atoms with van der Waals surface area (Å²) < 4.78 is 9.40. The Morgan fingerprint density at radius 2 is 1.96 bits per heavy atom. The summed E-state index contributed by atoms with van der Waals surface area (Å²) in [6.07, 6.45) is 0.339. The van der Waals surface area contributed by atoms with E-state index >= 15 is 0 Å². The van der Waals surface area contributed by atoms with Crippen LogP contribution in [0.25, 0.3) is 0 Å². The molecular weight excluding hydrogens is 368 g/mol. The summed E-state index contributed by atoms with van der Waals surface area (Å²) in [5.74, 6) is -2.33. The van der Waals surface area contributed by atoms with E-state index < -0.39 is 41.1 Å². The first-order valence-electron chi connectivity index (χ1n) is 7.64. The number of benzene rings is 1. The zero-order valence-corrected chi connectivity index (χ0v) is 15.2. The normalized spacial score (nSPS) is 11.6. The molecule has 0 unspecified atom stereocenters. The van der Waals surface area contributed by atoms with E-state index in [1.165, 1.54) is 13.2 Å². The van der Waals surface area contributed by atoms with Crippen LogP contribution in [-0.2, 0) is 19.1 Å². The number of hydrogen-bond acceptors (Lipinski definition) is 7. The van der Waals surface area contributed by atoms with Crippen molar-refractivity contribution in [3.8, 4) is 0 Å². The summed E-state index contributed by atoms with van der Waals surface area (Å²) in [5.41, 5.74) is -0.867. The lowest BCUT2D eigenvalue weighted by molar-refractivity contribution is -0.385. The highest BCUT2D eigenvalue weighted by molar-refractivity contribution is 6.31. The van der Waals surface area contributed by atoms with E-state index in [0.717, 1.165) is 12.1 Å². The fraction of sp³-hybridized carbons (Fsp3) is 0.438. The number of halogens is 1. The molecule has 1 amide bonds. The Labute approximate surface area is 154 Å². The average Bonchev–Trinajstić information content (AvgIpc) is 2.57. The van der Waals surface area contributed by atoms with Crippen molar-refractivity contribution in [1.29, 1.82) is 0 Å². The van der Waals surface area contributed by atoms with Crippen LogP contribution in [0, 0.1) is 16.0 Å². The van der Waals surface area contributed by atoms with Gasteiger partial charge in [0.2, 0.25) is 0 Å². The standard InChI is InChI=1S/C16H19ClN2O7/c1-9(2)6-12(16(22)25-3)18-14(20)8-26-15(21)11-7-10(17)4-5-13(11)19(23)24/h4-5,7,9,12H,6,8H2,1-3H3,(H,18,20)/t12-/m1/s1. The second kappa shape index (κ2) is 9.71. The van der Waals surface area contributed by atoms with E-state index in [1.807, 2.05) is 13.8 Å². The van der Waals surface area contributed by atoms with Gasteiger partial charge in [-0.2, -0.15) is 0 Å². The van der Waals surface area contributed by atoms with Crippen LogP contribution in [-0.4, -0.2) is 42.5 Å². The zero-order chi connectivity index (χ0) is 19.9. The Kier molecular flexibility index (Phi) is 7.98. The maximum atomic E-state index is 12.0. The fourth-order valence-electron chi connectivity index (χ4n) is 2.10. The molecule has 0 spiro atoms. The van der Waals surface area contributed by atoms with Gasteiger partial charge in [-0.05, 0) is 24.5 Å². The molecular formula is C16H19ClN2O7. The van der Waals surface area contributed by atoms with Crippen molar-refractivity contribution in [3.05, 3.63) is 38.9 Å². The van der Waals surface area contributed by atoms with Gasteiger partial charge < -0.3 is 14.8 Å². The number of nitro groups is 1. The van der Waals surface area contributed by atoms with Crippen LogP contribution in [0.4, 0.5) is 5.69 Å². The molecule has 0 radical (unpaired) electrons. The summed E-state index contributed by atoms with van der Waals surface area (Å²) in [5, 5.41) is 13.5. The monoisotopic (exact) mass is 386 g/mol. The van der Waals surface area contributed by atoms with Crippen molar-refractivity contribution >= 4 is 35.1 Å². The quantitative estimate of drug-likeness (QED) is 0.412. The van der Waals surface area contributed by atoms with Crippen LogP contribution in [0.5, 0.6) is 0 Å². The molecule has 0 bridgehead atoms. The maximum Gasteiger partial charge on any atom is 0.345 e. The first-order chi connectivity index (χ1) is 12.1. The van der Waals surface area contributed by atoms with Crippen molar-refractivity contribution in [1.82, 2.24) is 5.32 Å². The summed E-state index contributed by atoms with van der Waals surface area (Å²) in [6, 6.07) is 2.52. The van der Waals surface area contributed by atoms with E-state index in [2.05, 4.69) is 10.1 Å². The molecule has 0 saturated heterocycles. The van der Waals surface area contributed by atoms with Crippen molar-refractivity contribution in [3.63, 3.8) is 0 Å². The van der Waals surface area contributed by atoms with Gasteiger partial charge in [-0.3, -0.25) is 14.9 Å². The molecule has 1 atom stereocenters. The molecule has 0 saturated carbocycles. The molecule has 0 aliphatic heterocycles. The van der Waals surface area contributed by atoms with Gasteiger partial charge in [0.15, 0.2) is 6.61 Å². The minimum atomic E-state index is -1.08. The first-order valence-corrected chi connectivity index (χ1v) is 8.01. The molecule has 9 nitrogen and oxygen atoms in total. The summed E-state index contributed by atoms with van der Waals surface area (Å²) in [4.78, 5) is 45.8. The molecule has 1 N–H and O–H groups in total. The number of carbonyl (C=O) groups is 3. The highest BCUT2D eigenvalue weighted by Gasteiger charge is 2.25. The van der Waals surface area contributed by atoms with Gasteiger partial charge >= 0.3 is 11.9 Å². The van der Waals surface area contributed by atoms with Crippen LogP contribution < -0.4 is 5.32 Å². The lowest BCUT2D eigenvalue weighted by atomic mass is 10.0. The number of nitro benzene ring substituents is 1. The van der Waals surface area contributed by atoms with E-state index in [-0.39, 0.29) is 16.5 Å². The van der Waals surface area contributed by atoms with Gasteiger partial charge in [0.1, 0.15) is 11.6 Å². The molecule has 0 heterocycles. The van der Waals surface area contributed by atoms with Gasteiger partial charge in [-0.15, -0.1) is 0 Å². The minimum Gasteiger partial charge on any atom is -0.467 e. The maximum absolute atomic E-state index is 12.0. The van der Waals surface area contributed by atoms with Crippen molar-refractivity contribution < 1.29 is 28.8 Å². The van der Waals surface area contributed by atoms with Crippen LogP contribution in [0.2, 0.25) is 5.02 Å². The summed E-state index contributed by atoms with van der Waals surface area (Å²) in [6.45, 7) is 3.01. The number of methoxy groups -OCH3 is 1.